The van der Waals surface area contributed by atoms with Crippen molar-refractivity contribution in [1.29, 1.82) is 0 Å². The van der Waals surface area contributed by atoms with Gasteiger partial charge in [0.1, 0.15) is 5.69 Å². The highest BCUT2D eigenvalue weighted by Gasteiger charge is 2.09. The number of carbonyl (C=O) groups is 1. The lowest BCUT2D eigenvalue weighted by Gasteiger charge is -2.04. The van der Waals surface area contributed by atoms with Gasteiger partial charge >= 0.3 is 0 Å². The van der Waals surface area contributed by atoms with E-state index in [0.717, 1.165) is 5.56 Å². The first kappa shape index (κ1) is 11.1. The largest absolute Gasteiger partial charge is 0.368 e. The zero-order valence-electron chi connectivity index (χ0n) is 9.34. The SMILES string of the molecule is CNC(=O)c1cc(-c2ccccc2)nc(N)n1. The summed E-state index contributed by atoms with van der Waals surface area (Å²) in [4.78, 5) is 19.5. The van der Waals surface area contributed by atoms with Gasteiger partial charge in [-0.25, -0.2) is 9.97 Å². The van der Waals surface area contributed by atoms with Crippen LogP contribution in [0.1, 0.15) is 10.5 Å². The summed E-state index contributed by atoms with van der Waals surface area (Å²) in [6, 6.07) is 11.1. The normalized spacial score (nSPS) is 9.94. The van der Waals surface area contributed by atoms with Crippen LogP contribution in [0, 0.1) is 0 Å². The maximum absolute atomic E-state index is 11.5. The van der Waals surface area contributed by atoms with Gasteiger partial charge in [0, 0.05) is 12.6 Å². The van der Waals surface area contributed by atoms with Crippen LogP contribution in [0.3, 0.4) is 0 Å². The topological polar surface area (TPSA) is 80.9 Å². The van der Waals surface area contributed by atoms with E-state index in [1.165, 1.54) is 0 Å². The number of amides is 1. The van der Waals surface area contributed by atoms with E-state index in [2.05, 4.69) is 15.3 Å². The first-order valence-corrected chi connectivity index (χ1v) is 5.13. The van der Waals surface area contributed by atoms with E-state index in [-0.39, 0.29) is 17.5 Å². The fourth-order valence-electron chi connectivity index (χ4n) is 1.47. The molecule has 0 unspecified atom stereocenters. The van der Waals surface area contributed by atoms with Gasteiger partial charge in [-0.05, 0) is 6.07 Å². The molecule has 0 saturated carbocycles. The third kappa shape index (κ3) is 2.39. The lowest BCUT2D eigenvalue weighted by atomic mass is 10.1. The van der Waals surface area contributed by atoms with Crippen molar-refractivity contribution in [3.63, 3.8) is 0 Å². The minimum absolute atomic E-state index is 0.0879. The van der Waals surface area contributed by atoms with Crippen LogP contribution in [0.4, 0.5) is 5.95 Å². The van der Waals surface area contributed by atoms with Crippen LogP contribution in [0.5, 0.6) is 0 Å². The van der Waals surface area contributed by atoms with Crippen molar-refractivity contribution in [1.82, 2.24) is 15.3 Å². The monoisotopic (exact) mass is 228 g/mol. The second-order valence-corrected chi connectivity index (χ2v) is 3.44. The third-order valence-corrected chi connectivity index (χ3v) is 2.27. The van der Waals surface area contributed by atoms with Crippen LogP contribution in [-0.2, 0) is 0 Å². The smallest absolute Gasteiger partial charge is 0.269 e. The predicted molar refractivity (Wildman–Crippen MR) is 65.3 cm³/mol. The average molecular weight is 228 g/mol. The molecule has 0 atom stereocenters. The molecule has 1 aromatic heterocycles. The molecule has 0 bridgehead atoms. The van der Waals surface area contributed by atoms with Gasteiger partial charge in [0.05, 0.1) is 5.69 Å². The second kappa shape index (κ2) is 4.61. The summed E-state index contributed by atoms with van der Waals surface area (Å²) in [7, 11) is 1.54. The number of hydrogen-bond acceptors (Lipinski definition) is 4. The maximum Gasteiger partial charge on any atom is 0.269 e. The molecule has 1 aromatic carbocycles. The highest BCUT2D eigenvalue weighted by atomic mass is 16.1. The summed E-state index contributed by atoms with van der Waals surface area (Å²) in [5, 5.41) is 2.50. The Labute approximate surface area is 98.7 Å². The Kier molecular flexibility index (Phi) is 3.00. The average Bonchev–Trinajstić information content (AvgIpc) is 2.38. The molecule has 17 heavy (non-hydrogen) atoms. The number of carbonyl (C=O) groups excluding carboxylic acids is 1. The molecule has 2 rings (SSSR count). The molecule has 0 fully saturated rings. The molecule has 0 saturated heterocycles. The van der Waals surface area contributed by atoms with E-state index in [9.17, 15) is 4.79 Å². The van der Waals surface area contributed by atoms with Crippen molar-refractivity contribution in [2.24, 2.45) is 0 Å². The Morgan fingerprint density at radius 2 is 1.94 bits per heavy atom. The van der Waals surface area contributed by atoms with Gasteiger partial charge in [-0.3, -0.25) is 4.79 Å². The fourth-order valence-corrected chi connectivity index (χ4v) is 1.47. The van der Waals surface area contributed by atoms with Gasteiger partial charge in [0.2, 0.25) is 5.95 Å². The molecule has 2 aromatic rings. The Hall–Kier alpha value is -2.43. The number of hydrogen-bond donors (Lipinski definition) is 2. The molecule has 5 nitrogen and oxygen atoms in total. The zero-order valence-corrected chi connectivity index (χ0v) is 9.34. The number of aromatic nitrogens is 2. The van der Waals surface area contributed by atoms with E-state index < -0.39 is 0 Å². The molecule has 0 aliphatic heterocycles. The molecular weight excluding hydrogens is 216 g/mol. The van der Waals surface area contributed by atoms with Crippen molar-refractivity contribution >= 4 is 11.9 Å². The number of nitrogen functional groups attached to an aromatic ring is 1. The molecule has 1 amide bonds. The number of benzene rings is 1. The number of nitrogens with one attached hydrogen (secondary N) is 1. The minimum atomic E-state index is -0.281. The summed E-state index contributed by atoms with van der Waals surface area (Å²) < 4.78 is 0. The first-order valence-electron chi connectivity index (χ1n) is 5.13. The third-order valence-electron chi connectivity index (χ3n) is 2.27. The summed E-state index contributed by atoms with van der Waals surface area (Å²) in [5.74, 6) is -0.193. The van der Waals surface area contributed by atoms with Crippen molar-refractivity contribution < 1.29 is 4.79 Å². The van der Waals surface area contributed by atoms with Crippen LogP contribution < -0.4 is 11.1 Å². The Morgan fingerprint density at radius 1 is 1.24 bits per heavy atom. The first-order chi connectivity index (χ1) is 8.20. The lowest BCUT2D eigenvalue weighted by Crippen LogP contribution is -2.20. The van der Waals surface area contributed by atoms with Gasteiger partial charge in [0.15, 0.2) is 0 Å². The lowest BCUT2D eigenvalue weighted by molar-refractivity contribution is 0.0958. The van der Waals surface area contributed by atoms with Crippen LogP contribution in [0.25, 0.3) is 11.3 Å². The molecule has 0 aliphatic carbocycles. The molecule has 3 N–H and O–H groups in total. The van der Waals surface area contributed by atoms with Crippen molar-refractivity contribution in [3.8, 4) is 11.3 Å². The van der Waals surface area contributed by atoms with Crippen molar-refractivity contribution in [3.05, 3.63) is 42.1 Å². The van der Waals surface area contributed by atoms with Gasteiger partial charge in [-0.15, -0.1) is 0 Å². The minimum Gasteiger partial charge on any atom is -0.368 e. The highest BCUT2D eigenvalue weighted by molar-refractivity contribution is 5.93. The molecule has 0 spiro atoms. The van der Waals surface area contributed by atoms with E-state index in [4.69, 9.17) is 5.73 Å². The molecule has 5 heteroatoms. The van der Waals surface area contributed by atoms with Crippen molar-refractivity contribution in [2.75, 3.05) is 12.8 Å². The summed E-state index contributed by atoms with van der Waals surface area (Å²) in [5.41, 5.74) is 7.38. The zero-order chi connectivity index (χ0) is 12.3. The van der Waals surface area contributed by atoms with Crippen LogP contribution in [0.2, 0.25) is 0 Å². The van der Waals surface area contributed by atoms with E-state index in [1.54, 1.807) is 13.1 Å². The van der Waals surface area contributed by atoms with Crippen LogP contribution in [0.15, 0.2) is 36.4 Å². The molecular formula is C12H12N4O. The number of rotatable bonds is 2. The molecule has 0 aliphatic rings. The summed E-state index contributed by atoms with van der Waals surface area (Å²) in [6.45, 7) is 0. The molecule has 1 heterocycles. The van der Waals surface area contributed by atoms with Crippen LogP contribution in [-0.4, -0.2) is 22.9 Å². The summed E-state index contributed by atoms with van der Waals surface area (Å²) >= 11 is 0. The number of nitrogens with zero attached hydrogens (tertiary/aromatic N) is 2. The Morgan fingerprint density at radius 3 is 2.59 bits per heavy atom. The van der Waals surface area contributed by atoms with Gasteiger partial charge in [-0.1, -0.05) is 30.3 Å². The van der Waals surface area contributed by atoms with Crippen molar-refractivity contribution in [2.45, 2.75) is 0 Å². The number of anilines is 1. The molecule has 0 radical (unpaired) electrons. The predicted octanol–water partition coefficient (Wildman–Crippen LogP) is 1.09. The van der Waals surface area contributed by atoms with Gasteiger partial charge < -0.3 is 11.1 Å². The van der Waals surface area contributed by atoms with E-state index in [0.29, 0.717) is 5.69 Å². The van der Waals surface area contributed by atoms with E-state index >= 15 is 0 Å². The second-order valence-electron chi connectivity index (χ2n) is 3.44. The molecule has 86 valence electrons. The van der Waals surface area contributed by atoms with Crippen LogP contribution >= 0.6 is 0 Å². The van der Waals surface area contributed by atoms with Gasteiger partial charge in [-0.2, -0.15) is 0 Å². The Balaban J connectivity index is 2.49. The summed E-state index contributed by atoms with van der Waals surface area (Å²) in [6.07, 6.45) is 0. The number of nitrogens with two attached hydrogens (primary N) is 1. The standard InChI is InChI=1S/C12H12N4O/c1-14-11(17)10-7-9(15-12(13)16-10)8-5-3-2-4-6-8/h2-7H,1H3,(H,14,17)(H2,13,15,16). The van der Waals surface area contributed by atoms with Gasteiger partial charge in [0.25, 0.3) is 5.91 Å². The Bertz CT molecular complexity index is 539. The highest BCUT2D eigenvalue weighted by Crippen LogP contribution is 2.17. The fraction of sp³-hybridized carbons (Fsp3) is 0.0833. The maximum atomic E-state index is 11.5. The quantitative estimate of drug-likeness (QED) is 0.806. The van der Waals surface area contributed by atoms with E-state index in [1.807, 2.05) is 30.3 Å².